The summed E-state index contributed by atoms with van der Waals surface area (Å²) in [6.07, 6.45) is 1.37. The standard InChI is InChI=1S/C33H61N9O10/c1-5-18(3)26(37)31(49)41-23(17-24(36)43)30(48)39-20(11-7-9-15-34)28(46)38-21(12-8-10-16-35)29(47)42-27(19(4)6-2)32(50)40-22(33(51)52)13-14-25(44)45/h18-23,26-27H,5-17,34-35,37H2,1-4H3,(H2,36,43)(H,38,46)(H,39,48)(H,40,50)(H,41,49)(H,42,47)(H,44,45)(H,51,52)/t18-,19-,20-,21-,22-,23-,26-,27-/m0/s1. The monoisotopic (exact) mass is 743 g/mol. The van der Waals surface area contributed by atoms with E-state index in [1.807, 2.05) is 6.92 Å². The van der Waals surface area contributed by atoms with Crippen molar-refractivity contribution >= 4 is 47.4 Å². The van der Waals surface area contributed by atoms with Crippen molar-refractivity contribution in [1.29, 1.82) is 0 Å². The molecule has 0 heterocycles. The smallest absolute Gasteiger partial charge is 0.326 e. The maximum Gasteiger partial charge on any atom is 0.326 e. The van der Waals surface area contributed by atoms with Crippen LogP contribution in [-0.4, -0.2) is 107 Å². The molecule has 0 aromatic carbocycles. The molecular weight excluding hydrogens is 682 g/mol. The molecule has 0 fully saturated rings. The Balaban J connectivity index is 6.29. The van der Waals surface area contributed by atoms with Crippen molar-refractivity contribution in [2.75, 3.05) is 13.1 Å². The first kappa shape index (κ1) is 47.6. The number of hydrogen-bond acceptors (Lipinski definition) is 11. The van der Waals surface area contributed by atoms with Crippen LogP contribution in [0.25, 0.3) is 0 Å². The molecule has 0 aromatic heterocycles. The Bertz CT molecular complexity index is 1200. The largest absolute Gasteiger partial charge is 0.481 e. The summed E-state index contributed by atoms with van der Waals surface area (Å²) in [6, 6.07) is -7.70. The average Bonchev–Trinajstić information content (AvgIpc) is 3.09. The second-order valence-electron chi connectivity index (χ2n) is 13.0. The van der Waals surface area contributed by atoms with E-state index in [2.05, 4.69) is 26.6 Å². The lowest BCUT2D eigenvalue weighted by atomic mass is 9.96. The van der Waals surface area contributed by atoms with Gasteiger partial charge in [-0.25, -0.2) is 4.79 Å². The number of unbranched alkanes of at least 4 members (excludes halogenated alkanes) is 2. The third-order valence-corrected chi connectivity index (χ3v) is 8.81. The van der Waals surface area contributed by atoms with Crippen LogP contribution in [0, 0.1) is 11.8 Å². The minimum absolute atomic E-state index is 0.0698. The molecule has 0 unspecified atom stereocenters. The van der Waals surface area contributed by atoms with Gasteiger partial charge in [0.25, 0.3) is 0 Å². The molecule has 0 bridgehead atoms. The molecule has 298 valence electrons. The van der Waals surface area contributed by atoms with Gasteiger partial charge in [0.05, 0.1) is 12.5 Å². The van der Waals surface area contributed by atoms with Crippen LogP contribution in [0.2, 0.25) is 0 Å². The van der Waals surface area contributed by atoms with Crippen LogP contribution in [-0.2, 0) is 38.4 Å². The molecule has 0 aliphatic carbocycles. The van der Waals surface area contributed by atoms with Crippen LogP contribution in [0.5, 0.6) is 0 Å². The van der Waals surface area contributed by atoms with E-state index >= 15 is 0 Å². The second-order valence-corrected chi connectivity index (χ2v) is 13.0. The van der Waals surface area contributed by atoms with Crippen molar-refractivity contribution in [3.05, 3.63) is 0 Å². The number of aliphatic carboxylic acids is 2. The number of carbonyl (C=O) groups excluding carboxylic acids is 6. The topological polar surface area (TPSA) is 341 Å². The molecule has 0 aliphatic rings. The van der Waals surface area contributed by atoms with Gasteiger partial charge < -0.3 is 59.7 Å². The number of nitrogens with two attached hydrogens (primary N) is 4. The normalized spacial score (nSPS) is 15.7. The number of carboxylic acids is 2. The van der Waals surface area contributed by atoms with Gasteiger partial charge in [-0.2, -0.15) is 0 Å². The summed E-state index contributed by atoms with van der Waals surface area (Å²) in [7, 11) is 0. The summed E-state index contributed by atoms with van der Waals surface area (Å²) in [5.74, 6) is -8.31. The highest BCUT2D eigenvalue weighted by atomic mass is 16.4. The zero-order valence-electron chi connectivity index (χ0n) is 30.8. The summed E-state index contributed by atoms with van der Waals surface area (Å²) in [6.45, 7) is 7.56. The summed E-state index contributed by atoms with van der Waals surface area (Å²) in [5.41, 5.74) is 22.6. The predicted octanol–water partition coefficient (Wildman–Crippen LogP) is -2.09. The van der Waals surface area contributed by atoms with Crippen molar-refractivity contribution in [3.63, 3.8) is 0 Å². The van der Waals surface area contributed by atoms with Gasteiger partial charge in [0.1, 0.15) is 30.2 Å². The van der Waals surface area contributed by atoms with E-state index in [0.29, 0.717) is 51.6 Å². The molecule has 52 heavy (non-hydrogen) atoms. The Kier molecular flexibility index (Phi) is 23.4. The average molecular weight is 744 g/mol. The van der Waals surface area contributed by atoms with Crippen LogP contribution in [0.1, 0.15) is 98.3 Å². The molecule has 0 aliphatic heterocycles. The molecule has 0 spiro atoms. The SMILES string of the molecule is CC[C@H](C)[C@H](N)C(=O)N[C@@H](CC(N)=O)C(=O)N[C@@H](CCCCN)C(=O)N[C@@H](CCCCN)C(=O)N[C@H](C(=O)N[C@@H](CCC(=O)O)C(=O)O)[C@@H](C)CC. The van der Waals surface area contributed by atoms with Crippen molar-refractivity contribution in [1.82, 2.24) is 26.6 Å². The molecular formula is C33H61N9O10. The number of rotatable bonds is 28. The lowest BCUT2D eigenvalue weighted by Crippen LogP contribution is -2.60. The molecule has 0 saturated heterocycles. The number of amides is 6. The van der Waals surface area contributed by atoms with Gasteiger partial charge in [0, 0.05) is 6.42 Å². The van der Waals surface area contributed by atoms with E-state index in [1.165, 1.54) is 0 Å². The van der Waals surface area contributed by atoms with Crippen molar-refractivity contribution in [3.8, 4) is 0 Å². The molecule has 6 amide bonds. The summed E-state index contributed by atoms with van der Waals surface area (Å²) in [4.78, 5) is 101. The number of carbonyl (C=O) groups is 8. The Morgan fingerprint density at radius 1 is 0.577 bits per heavy atom. The molecule has 8 atom stereocenters. The van der Waals surface area contributed by atoms with E-state index in [1.54, 1.807) is 20.8 Å². The molecule has 19 nitrogen and oxygen atoms in total. The highest BCUT2D eigenvalue weighted by Crippen LogP contribution is 2.12. The van der Waals surface area contributed by atoms with Crippen molar-refractivity contribution in [2.45, 2.75) is 135 Å². The minimum atomic E-state index is -1.53. The van der Waals surface area contributed by atoms with E-state index in [-0.39, 0.29) is 25.2 Å². The van der Waals surface area contributed by atoms with Crippen LogP contribution < -0.4 is 49.5 Å². The van der Waals surface area contributed by atoms with Gasteiger partial charge in [0.15, 0.2) is 0 Å². The summed E-state index contributed by atoms with van der Waals surface area (Å²) < 4.78 is 0. The van der Waals surface area contributed by atoms with Gasteiger partial charge in [0.2, 0.25) is 35.4 Å². The first-order valence-electron chi connectivity index (χ1n) is 17.8. The number of nitrogens with one attached hydrogen (secondary N) is 5. The summed E-state index contributed by atoms with van der Waals surface area (Å²) in [5, 5.41) is 31.0. The molecule has 0 saturated carbocycles. The highest BCUT2D eigenvalue weighted by Gasteiger charge is 2.35. The fourth-order valence-corrected chi connectivity index (χ4v) is 5.00. The fourth-order valence-electron chi connectivity index (χ4n) is 5.00. The van der Waals surface area contributed by atoms with E-state index in [9.17, 15) is 43.5 Å². The summed E-state index contributed by atoms with van der Waals surface area (Å²) >= 11 is 0. The fraction of sp³-hybridized carbons (Fsp3) is 0.758. The first-order valence-corrected chi connectivity index (χ1v) is 17.8. The lowest BCUT2D eigenvalue weighted by Gasteiger charge is -2.29. The van der Waals surface area contributed by atoms with Crippen LogP contribution in [0.3, 0.4) is 0 Å². The first-order chi connectivity index (χ1) is 24.4. The Hall–Kier alpha value is -4.36. The van der Waals surface area contributed by atoms with E-state index in [0.717, 1.165) is 0 Å². The third-order valence-electron chi connectivity index (χ3n) is 8.81. The molecule has 0 radical (unpaired) electrons. The zero-order valence-corrected chi connectivity index (χ0v) is 30.8. The Labute approximate surface area is 304 Å². The molecule has 0 rings (SSSR count). The van der Waals surface area contributed by atoms with Gasteiger partial charge in [-0.05, 0) is 69.9 Å². The number of carboxylic acid groups (broad SMARTS) is 2. The maximum absolute atomic E-state index is 13.7. The van der Waals surface area contributed by atoms with E-state index in [4.69, 9.17) is 28.0 Å². The van der Waals surface area contributed by atoms with Crippen molar-refractivity contribution < 1.29 is 48.6 Å². The molecule has 19 heteroatoms. The number of hydrogen-bond donors (Lipinski definition) is 11. The van der Waals surface area contributed by atoms with Gasteiger partial charge in [-0.15, -0.1) is 0 Å². The Morgan fingerprint density at radius 2 is 1.02 bits per heavy atom. The van der Waals surface area contributed by atoms with Gasteiger partial charge in [-0.3, -0.25) is 33.6 Å². The van der Waals surface area contributed by atoms with Gasteiger partial charge >= 0.3 is 11.9 Å². The lowest BCUT2D eigenvalue weighted by molar-refractivity contribution is -0.144. The zero-order chi connectivity index (χ0) is 40.0. The maximum atomic E-state index is 13.7. The molecule has 0 aromatic rings. The Morgan fingerprint density at radius 3 is 1.44 bits per heavy atom. The molecule has 15 N–H and O–H groups in total. The van der Waals surface area contributed by atoms with E-state index < -0.39 is 102 Å². The predicted molar refractivity (Wildman–Crippen MR) is 191 cm³/mol. The van der Waals surface area contributed by atoms with Crippen LogP contribution >= 0.6 is 0 Å². The van der Waals surface area contributed by atoms with Crippen LogP contribution in [0.4, 0.5) is 0 Å². The highest BCUT2D eigenvalue weighted by molar-refractivity contribution is 5.97. The van der Waals surface area contributed by atoms with Gasteiger partial charge in [-0.1, -0.05) is 40.5 Å². The third kappa shape index (κ3) is 18.2. The second kappa shape index (κ2) is 25.6. The van der Waals surface area contributed by atoms with Crippen molar-refractivity contribution in [2.24, 2.45) is 34.8 Å². The quantitative estimate of drug-likeness (QED) is 0.0384. The number of primary amides is 1. The minimum Gasteiger partial charge on any atom is -0.481 e. The van der Waals surface area contributed by atoms with Crippen LogP contribution in [0.15, 0.2) is 0 Å².